The molecule has 1 amide bonds. The molecule has 1 aliphatic carbocycles. The lowest BCUT2D eigenvalue weighted by atomic mass is 9.82. The Kier molecular flexibility index (Phi) is 5.68. The molecule has 154 valence electrons. The molecule has 6 heteroatoms. The van der Waals surface area contributed by atoms with Crippen molar-refractivity contribution in [1.82, 2.24) is 9.80 Å². The molecule has 2 unspecified atom stereocenters. The highest BCUT2D eigenvalue weighted by Gasteiger charge is 2.39. The van der Waals surface area contributed by atoms with E-state index in [-0.39, 0.29) is 11.8 Å². The number of fused-ring (bicyclic) bond motifs is 1. The Morgan fingerprint density at radius 2 is 1.57 bits per heavy atom. The van der Waals surface area contributed by atoms with E-state index in [4.69, 9.17) is 0 Å². The molecule has 1 aromatic carbocycles. The van der Waals surface area contributed by atoms with Crippen molar-refractivity contribution in [3.05, 3.63) is 35.4 Å². The van der Waals surface area contributed by atoms with Crippen LogP contribution >= 0.6 is 0 Å². The van der Waals surface area contributed by atoms with Gasteiger partial charge in [-0.05, 0) is 62.2 Å². The molecule has 2 heterocycles. The molecular weight excluding hydrogens is 365 g/mol. The highest BCUT2D eigenvalue weighted by molar-refractivity contribution is 5.79. The van der Waals surface area contributed by atoms with Crippen LogP contribution in [0.2, 0.25) is 0 Å². The number of halogens is 3. The molecule has 0 radical (unpaired) electrons. The summed E-state index contributed by atoms with van der Waals surface area (Å²) in [7, 11) is 0. The maximum absolute atomic E-state index is 13.2. The smallest absolute Gasteiger partial charge is 0.342 e. The van der Waals surface area contributed by atoms with Crippen LogP contribution < -0.4 is 0 Å². The Labute approximate surface area is 164 Å². The normalized spacial score (nSPS) is 27.0. The molecule has 1 aromatic rings. The Balaban J connectivity index is 1.31. The first-order chi connectivity index (χ1) is 13.4. The fourth-order valence-corrected chi connectivity index (χ4v) is 5.36. The van der Waals surface area contributed by atoms with Crippen molar-refractivity contribution in [2.75, 3.05) is 26.2 Å². The van der Waals surface area contributed by atoms with Crippen LogP contribution in [-0.4, -0.2) is 41.9 Å². The van der Waals surface area contributed by atoms with Gasteiger partial charge >= 0.3 is 6.18 Å². The molecule has 1 saturated carbocycles. The van der Waals surface area contributed by atoms with Crippen molar-refractivity contribution in [2.45, 2.75) is 51.2 Å². The largest absolute Gasteiger partial charge is 0.416 e. The predicted octanol–water partition coefficient (Wildman–Crippen LogP) is 4.57. The van der Waals surface area contributed by atoms with Crippen LogP contribution in [0.15, 0.2) is 24.3 Å². The van der Waals surface area contributed by atoms with Crippen LogP contribution in [0, 0.1) is 17.8 Å². The van der Waals surface area contributed by atoms with E-state index < -0.39 is 11.7 Å². The summed E-state index contributed by atoms with van der Waals surface area (Å²) in [5.41, 5.74) is -0.226. The molecule has 3 fully saturated rings. The van der Waals surface area contributed by atoms with Crippen molar-refractivity contribution >= 4 is 5.91 Å². The molecule has 0 N–H and O–H groups in total. The van der Waals surface area contributed by atoms with Gasteiger partial charge in [0.05, 0.1) is 5.56 Å². The summed E-state index contributed by atoms with van der Waals surface area (Å²) in [5.74, 6) is 1.70. The quantitative estimate of drug-likeness (QED) is 0.750. The third kappa shape index (κ3) is 4.22. The first-order valence-corrected chi connectivity index (χ1v) is 10.6. The van der Waals surface area contributed by atoms with E-state index in [1.54, 1.807) is 12.1 Å². The zero-order valence-electron chi connectivity index (χ0n) is 16.3. The van der Waals surface area contributed by atoms with E-state index in [0.29, 0.717) is 37.0 Å². The van der Waals surface area contributed by atoms with Gasteiger partial charge in [-0.1, -0.05) is 31.0 Å². The Morgan fingerprint density at radius 3 is 2.18 bits per heavy atom. The fraction of sp³-hybridized carbons (Fsp3) is 0.682. The molecule has 2 saturated heterocycles. The number of hydrogen-bond acceptors (Lipinski definition) is 2. The number of rotatable bonds is 3. The molecule has 0 bridgehead atoms. The standard InChI is InChI=1S/C22H29F3N2O/c23-22(24,25)20-8-4-3-7-19(20)13-26-11-9-16(10-12-26)21(28)27-14-17-5-1-2-6-18(17)15-27/h3-4,7-8,16-18H,1-2,5-6,9-15H2. The summed E-state index contributed by atoms with van der Waals surface area (Å²) >= 11 is 0. The summed E-state index contributed by atoms with van der Waals surface area (Å²) in [4.78, 5) is 17.1. The van der Waals surface area contributed by atoms with Crippen molar-refractivity contribution in [3.63, 3.8) is 0 Å². The van der Waals surface area contributed by atoms with E-state index in [0.717, 1.165) is 32.0 Å². The molecule has 2 aliphatic heterocycles. The van der Waals surface area contributed by atoms with Gasteiger partial charge in [-0.25, -0.2) is 0 Å². The molecule has 3 aliphatic rings. The Bertz CT molecular complexity index is 683. The first kappa shape index (κ1) is 19.7. The number of benzene rings is 1. The summed E-state index contributed by atoms with van der Waals surface area (Å²) in [6.07, 6.45) is 2.27. The third-order valence-electron chi connectivity index (χ3n) is 6.94. The van der Waals surface area contributed by atoms with Crippen LogP contribution in [-0.2, 0) is 17.5 Å². The number of likely N-dealkylation sites (tertiary alicyclic amines) is 2. The second-order valence-electron chi connectivity index (χ2n) is 8.75. The average molecular weight is 394 g/mol. The van der Waals surface area contributed by atoms with Gasteiger partial charge in [0.2, 0.25) is 5.91 Å². The van der Waals surface area contributed by atoms with Gasteiger partial charge in [-0.15, -0.1) is 0 Å². The minimum atomic E-state index is -4.32. The lowest BCUT2D eigenvalue weighted by Gasteiger charge is -2.33. The number of hydrogen-bond donors (Lipinski definition) is 0. The molecule has 0 spiro atoms. The van der Waals surface area contributed by atoms with Crippen molar-refractivity contribution in [2.24, 2.45) is 17.8 Å². The van der Waals surface area contributed by atoms with Crippen LogP contribution in [0.1, 0.15) is 49.7 Å². The van der Waals surface area contributed by atoms with E-state index in [1.807, 2.05) is 0 Å². The minimum Gasteiger partial charge on any atom is -0.342 e. The number of carbonyl (C=O) groups is 1. The van der Waals surface area contributed by atoms with E-state index in [1.165, 1.54) is 31.7 Å². The minimum absolute atomic E-state index is 0.0364. The van der Waals surface area contributed by atoms with Gasteiger partial charge in [0, 0.05) is 25.6 Å². The lowest BCUT2D eigenvalue weighted by molar-refractivity contribution is -0.138. The van der Waals surface area contributed by atoms with Crippen LogP contribution in [0.5, 0.6) is 0 Å². The van der Waals surface area contributed by atoms with Gasteiger partial charge < -0.3 is 4.90 Å². The van der Waals surface area contributed by atoms with Gasteiger partial charge in [0.25, 0.3) is 0 Å². The van der Waals surface area contributed by atoms with E-state index in [2.05, 4.69) is 9.80 Å². The topological polar surface area (TPSA) is 23.6 Å². The van der Waals surface area contributed by atoms with Crippen molar-refractivity contribution in [3.8, 4) is 0 Å². The number of carbonyl (C=O) groups excluding carboxylic acids is 1. The van der Waals surface area contributed by atoms with Crippen LogP contribution in [0.3, 0.4) is 0 Å². The second-order valence-corrected chi connectivity index (χ2v) is 8.75. The number of nitrogens with zero attached hydrogens (tertiary/aromatic N) is 2. The van der Waals surface area contributed by atoms with Gasteiger partial charge in [0.1, 0.15) is 0 Å². The number of piperidine rings is 1. The summed E-state index contributed by atoms with van der Waals surface area (Å²) in [6.45, 7) is 3.50. The highest BCUT2D eigenvalue weighted by Crippen LogP contribution is 2.37. The highest BCUT2D eigenvalue weighted by atomic mass is 19.4. The van der Waals surface area contributed by atoms with Crippen LogP contribution in [0.4, 0.5) is 13.2 Å². The molecule has 0 aromatic heterocycles. The third-order valence-corrected chi connectivity index (χ3v) is 6.94. The Morgan fingerprint density at radius 1 is 0.964 bits per heavy atom. The first-order valence-electron chi connectivity index (χ1n) is 10.6. The molecule has 3 nitrogen and oxygen atoms in total. The molecule has 2 atom stereocenters. The Hall–Kier alpha value is -1.56. The van der Waals surface area contributed by atoms with Gasteiger partial charge in [-0.3, -0.25) is 9.69 Å². The number of alkyl halides is 3. The summed E-state index contributed by atoms with van der Waals surface area (Å²) in [6, 6.07) is 5.81. The summed E-state index contributed by atoms with van der Waals surface area (Å²) < 4.78 is 39.6. The van der Waals surface area contributed by atoms with E-state index >= 15 is 0 Å². The summed E-state index contributed by atoms with van der Waals surface area (Å²) in [5, 5.41) is 0. The van der Waals surface area contributed by atoms with Crippen LogP contribution in [0.25, 0.3) is 0 Å². The maximum atomic E-state index is 13.2. The van der Waals surface area contributed by atoms with Gasteiger partial charge in [0.15, 0.2) is 0 Å². The molecule has 4 rings (SSSR count). The van der Waals surface area contributed by atoms with Crippen molar-refractivity contribution in [1.29, 1.82) is 0 Å². The maximum Gasteiger partial charge on any atom is 0.416 e. The lowest BCUT2D eigenvalue weighted by Crippen LogP contribution is -2.41. The number of amides is 1. The predicted molar refractivity (Wildman–Crippen MR) is 101 cm³/mol. The van der Waals surface area contributed by atoms with Gasteiger partial charge in [-0.2, -0.15) is 13.2 Å². The second kappa shape index (κ2) is 8.05. The molecular formula is C22H29F3N2O. The molecule has 28 heavy (non-hydrogen) atoms. The zero-order chi connectivity index (χ0) is 19.7. The van der Waals surface area contributed by atoms with Crippen molar-refractivity contribution < 1.29 is 18.0 Å². The SMILES string of the molecule is O=C(C1CCN(Cc2ccccc2C(F)(F)F)CC1)N1CC2CCCCC2C1. The fourth-order valence-electron chi connectivity index (χ4n) is 5.36. The monoisotopic (exact) mass is 394 g/mol. The zero-order valence-corrected chi connectivity index (χ0v) is 16.3. The average Bonchev–Trinajstić information content (AvgIpc) is 3.12. The van der Waals surface area contributed by atoms with E-state index in [9.17, 15) is 18.0 Å².